The summed E-state index contributed by atoms with van der Waals surface area (Å²) < 4.78 is 6.76. The van der Waals surface area contributed by atoms with Crippen LogP contribution in [0.4, 0.5) is 4.79 Å². The van der Waals surface area contributed by atoms with Crippen LogP contribution >= 0.6 is 23.2 Å². The highest BCUT2D eigenvalue weighted by molar-refractivity contribution is 6.36. The minimum atomic E-state index is -0.545. The molecule has 1 heterocycles. The average Bonchev–Trinajstić information content (AvgIpc) is 2.64. The van der Waals surface area contributed by atoms with Crippen molar-refractivity contribution in [3.05, 3.63) is 35.0 Å². The van der Waals surface area contributed by atoms with Gasteiger partial charge in [-0.1, -0.05) is 17.7 Å². The highest BCUT2D eigenvalue weighted by Crippen LogP contribution is 2.28. The van der Waals surface area contributed by atoms with Gasteiger partial charge in [0.1, 0.15) is 5.60 Å². The zero-order valence-electron chi connectivity index (χ0n) is 11.0. The molecular weight excluding hydrogens is 285 g/mol. The molecule has 3 nitrogen and oxygen atoms in total. The van der Waals surface area contributed by atoms with Gasteiger partial charge in [-0.15, -0.1) is 11.6 Å². The molecule has 102 valence electrons. The summed E-state index contributed by atoms with van der Waals surface area (Å²) in [5.74, 6) is 0.407. The Hall–Kier alpha value is -1.19. The molecule has 0 N–H and O–H groups in total. The maximum absolute atomic E-state index is 12.1. The van der Waals surface area contributed by atoms with Gasteiger partial charge in [-0.05, 0) is 38.5 Å². The van der Waals surface area contributed by atoms with Crippen molar-refractivity contribution in [2.75, 3.05) is 0 Å². The van der Waals surface area contributed by atoms with Crippen LogP contribution in [0.3, 0.4) is 0 Å². The van der Waals surface area contributed by atoms with Crippen LogP contribution in [-0.4, -0.2) is 16.3 Å². The van der Waals surface area contributed by atoms with Crippen LogP contribution in [0.1, 0.15) is 26.3 Å². The molecule has 0 amide bonds. The van der Waals surface area contributed by atoms with Gasteiger partial charge in [0.2, 0.25) is 0 Å². The Bertz CT molecular complexity index is 626. The van der Waals surface area contributed by atoms with Crippen molar-refractivity contribution < 1.29 is 9.53 Å². The van der Waals surface area contributed by atoms with E-state index in [9.17, 15) is 4.79 Å². The molecule has 0 aliphatic carbocycles. The largest absolute Gasteiger partial charge is 0.443 e. The van der Waals surface area contributed by atoms with Crippen LogP contribution in [0.5, 0.6) is 0 Å². The number of halogens is 2. The van der Waals surface area contributed by atoms with Crippen molar-refractivity contribution in [1.82, 2.24) is 4.57 Å². The quantitative estimate of drug-likeness (QED) is 0.707. The predicted octanol–water partition coefficient (Wildman–Crippen LogP) is 4.82. The van der Waals surface area contributed by atoms with Crippen LogP contribution in [0.2, 0.25) is 5.02 Å². The number of benzene rings is 1. The summed E-state index contributed by atoms with van der Waals surface area (Å²) in [6, 6.07) is 5.57. The van der Waals surface area contributed by atoms with Crippen molar-refractivity contribution in [3.8, 4) is 0 Å². The Morgan fingerprint density at radius 1 is 1.37 bits per heavy atom. The number of alkyl halides is 1. The highest BCUT2D eigenvalue weighted by atomic mass is 35.5. The van der Waals surface area contributed by atoms with E-state index in [0.717, 1.165) is 10.9 Å². The fraction of sp³-hybridized carbons (Fsp3) is 0.357. The number of rotatable bonds is 1. The van der Waals surface area contributed by atoms with Crippen LogP contribution in [0, 0.1) is 0 Å². The summed E-state index contributed by atoms with van der Waals surface area (Å²) in [5.41, 5.74) is 1.13. The Morgan fingerprint density at radius 3 is 2.63 bits per heavy atom. The number of ether oxygens (including phenoxy) is 1. The van der Waals surface area contributed by atoms with Crippen molar-refractivity contribution in [1.29, 1.82) is 0 Å². The molecule has 1 aromatic heterocycles. The molecule has 0 fully saturated rings. The molecule has 0 aliphatic heterocycles. The summed E-state index contributed by atoms with van der Waals surface area (Å²) >= 11 is 11.9. The van der Waals surface area contributed by atoms with E-state index in [2.05, 4.69) is 0 Å². The number of carbonyl (C=O) groups is 1. The third-order valence-corrected chi connectivity index (χ3v) is 3.17. The van der Waals surface area contributed by atoms with Crippen LogP contribution in [0.15, 0.2) is 24.4 Å². The molecule has 19 heavy (non-hydrogen) atoms. The molecule has 0 radical (unpaired) electrons. The SMILES string of the molecule is CC(C)(C)OC(=O)n1cc(Cl)c2cc(CCl)ccc21. The van der Waals surface area contributed by atoms with Gasteiger partial charge in [0.05, 0.1) is 10.5 Å². The third kappa shape index (κ3) is 3.04. The van der Waals surface area contributed by atoms with Gasteiger partial charge >= 0.3 is 6.09 Å². The molecule has 2 rings (SSSR count). The number of hydrogen-bond acceptors (Lipinski definition) is 2. The van der Waals surface area contributed by atoms with Gasteiger partial charge < -0.3 is 4.74 Å². The van der Waals surface area contributed by atoms with E-state index in [1.165, 1.54) is 4.57 Å². The molecule has 0 aliphatic rings. The molecule has 0 atom stereocenters. The average molecular weight is 300 g/mol. The second-order valence-corrected chi connectivity index (χ2v) is 5.99. The standard InChI is InChI=1S/C14H15Cl2NO2/c1-14(2,3)19-13(18)17-8-11(16)10-6-9(7-15)4-5-12(10)17/h4-6,8H,7H2,1-3H3. The second kappa shape index (κ2) is 5.06. The van der Waals surface area contributed by atoms with Gasteiger partial charge in [-0.3, -0.25) is 4.57 Å². The van der Waals surface area contributed by atoms with Gasteiger partial charge in [-0.25, -0.2) is 4.79 Å². The Balaban J connectivity index is 2.48. The van der Waals surface area contributed by atoms with Gasteiger partial charge in [0, 0.05) is 17.5 Å². The molecule has 5 heteroatoms. The van der Waals surface area contributed by atoms with E-state index in [4.69, 9.17) is 27.9 Å². The topological polar surface area (TPSA) is 31.2 Å². The lowest BCUT2D eigenvalue weighted by molar-refractivity contribution is 0.0544. The van der Waals surface area contributed by atoms with Crippen LogP contribution < -0.4 is 0 Å². The molecule has 2 aromatic rings. The molecule has 1 aromatic carbocycles. The Morgan fingerprint density at radius 2 is 2.05 bits per heavy atom. The maximum Gasteiger partial charge on any atom is 0.419 e. The van der Waals surface area contributed by atoms with Crippen molar-refractivity contribution in [2.24, 2.45) is 0 Å². The highest BCUT2D eigenvalue weighted by Gasteiger charge is 2.20. The van der Waals surface area contributed by atoms with E-state index in [1.807, 2.05) is 39.0 Å². The smallest absolute Gasteiger partial charge is 0.419 e. The minimum Gasteiger partial charge on any atom is -0.443 e. The molecule has 0 bridgehead atoms. The van der Waals surface area contributed by atoms with Gasteiger partial charge in [0.15, 0.2) is 0 Å². The summed E-state index contributed by atoms with van der Waals surface area (Å²) in [6.07, 6.45) is 1.13. The lowest BCUT2D eigenvalue weighted by Gasteiger charge is -2.19. The number of aromatic nitrogens is 1. The van der Waals surface area contributed by atoms with Gasteiger partial charge in [-0.2, -0.15) is 0 Å². The minimum absolute atomic E-state index is 0.407. The van der Waals surface area contributed by atoms with Crippen LogP contribution in [0.25, 0.3) is 10.9 Å². The molecule has 0 unspecified atom stereocenters. The zero-order valence-corrected chi connectivity index (χ0v) is 12.5. The second-order valence-electron chi connectivity index (χ2n) is 5.31. The van der Waals surface area contributed by atoms with Crippen LogP contribution in [-0.2, 0) is 10.6 Å². The summed E-state index contributed by atoms with van der Waals surface area (Å²) in [4.78, 5) is 12.1. The summed E-state index contributed by atoms with van der Waals surface area (Å²) in [5, 5.41) is 1.30. The van der Waals surface area contributed by atoms with Crippen molar-refractivity contribution in [3.63, 3.8) is 0 Å². The van der Waals surface area contributed by atoms with E-state index in [1.54, 1.807) is 6.20 Å². The van der Waals surface area contributed by atoms with Crippen molar-refractivity contribution in [2.45, 2.75) is 32.3 Å². The Labute approximate surface area is 122 Å². The fourth-order valence-corrected chi connectivity index (χ4v) is 2.20. The molecule has 0 saturated carbocycles. The fourth-order valence-electron chi connectivity index (χ4n) is 1.78. The predicted molar refractivity (Wildman–Crippen MR) is 78.1 cm³/mol. The first-order valence-electron chi connectivity index (χ1n) is 5.90. The summed E-state index contributed by atoms with van der Waals surface area (Å²) in [7, 11) is 0. The number of hydrogen-bond donors (Lipinski definition) is 0. The first-order chi connectivity index (χ1) is 8.81. The first-order valence-corrected chi connectivity index (χ1v) is 6.82. The van der Waals surface area contributed by atoms with E-state index < -0.39 is 11.7 Å². The van der Waals surface area contributed by atoms with E-state index in [-0.39, 0.29) is 0 Å². The zero-order chi connectivity index (χ0) is 14.2. The van der Waals surface area contributed by atoms with E-state index >= 15 is 0 Å². The van der Waals surface area contributed by atoms with Crippen molar-refractivity contribution >= 4 is 40.2 Å². The maximum atomic E-state index is 12.1. The molecule has 0 saturated heterocycles. The molecular formula is C14H15Cl2NO2. The van der Waals surface area contributed by atoms with Gasteiger partial charge in [0.25, 0.3) is 0 Å². The molecule has 0 spiro atoms. The first kappa shape index (κ1) is 14.2. The number of nitrogens with zero attached hydrogens (tertiary/aromatic N) is 1. The lowest BCUT2D eigenvalue weighted by atomic mass is 10.2. The number of fused-ring (bicyclic) bond motifs is 1. The Kier molecular flexibility index (Phi) is 3.79. The number of carbonyl (C=O) groups excluding carboxylic acids is 1. The van der Waals surface area contributed by atoms with E-state index in [0.29, 0.717) is 16.4 Å². The third-order valence-electron chi connectivity index (χ3n) is 2.56. The summed E-state index contributed by atoms with van der Waals surface area (Å²) in [6.45, 7) is 5.47. The normalized spacial score (nSPS) is 11.8. The lowest BCUT2D eigenvalue weighted by Crippen LogP contribution is -2.26. The monoisotopic (exact) mass is 299 g/mol.